The summed E-state index contributed by atoms with van der Waals surface area (Å²) in [6.07, 6.45) is 3.81. The first-order chi connectivity index (χ1) is 12.1. The molecule has 132 valence electrons. The Morgan fingerprint density at radius 1 is 1.28 bits per heavy atom. The second-order valence-corrected chi connectivity index (χ2v) is 6.41. The summed E-state index contributed by atoms with van der Waals surface area (Å²) in [5.41, 5.74) is 4.04. The van der Waals surface area contributed by atoms with Crippen molar-refractivity contribution in [1.29, 1.82) is 0 Å². The molecule has 1 N–H and O–H groups in total. The van der Waals surface area contributed by atoms with Gasteiger partial charge in [0.1, 0.15) is 0 Å². The third-order valence-electron chi connectivity index (χ3n) is 4.48. The molecule has 1 atom stereocenters. The first kappa shape index (κ1) is 17.8. The summed E-state index contributed by atoms with van der Waals surface area (Å²) in [6.45, 7) is 2.00. The number of methoxy groups -OCH3 is 1. The molecule has 0 bridgehead atoms. The summed E-state index contributed by atoms with van der Waals surface area (Å²) in [4.78, 5) is 4.48. The number of rotatable bonds is 7. The van der Waals surface area contributed by atoms with Crippen LogP contribution in [-0.4, -0.2) is 29.7 Å². The number of halogens is 1. The Kier molecular flexibility index (Phi) is 5.60. The van der Waals surface area contributed by atoms with Gasteiger partial charge in [0.05, 0.1) is 30.5 Å². The van der Waals surface area contributed by atoms with Crippen molar-refractivity contribution < 1.29 is 13.9 Å². The lowest BCUT2D eigenvalue weighted by Crippen LogP contribution is -2.44. The highest BCUT2D eigenvalue weighted by molar-refractivity contribution is 7.78. The molecule has 4 nitrogen and oxygen atoms in total. The van der Waals surface area contributed by atoms with E-state index in [4.69, 9.17) is 21.7 Å². The molecule has 6 heteroatoms. The fraction of sp³-hybridized carbons (Fsp3) is 0.368. The molecule has 1 unspecified atom stereocenters. The molecule has 1 aromatic heterocycles. The lowest BCUT2D eigenvalue weighted by atomic mass is 9.89. The van der Waals surface area contributed by atoms with E-state index in [1.54, 1.807) is 17.8 Å². The first-order valence-corrected chi connectivity index (χ1v) is 8.73. The fourth-order valence-corrected chi connectivity index (χ4v) is 3.12. The molecule has 0 saturated heterocycles. The topological polar surface area (TPSA) is 43.4 Å². The zero-order valence-corrected chi connectivity index (χ0v) is 15.1. The van der Waals surface area contributed by atoms with Gasteiger partial charge in [-0.1, -0.05) is 24.4 Å². The number of ether oxygens (including phenoxy) is 2. The van der Waals surface area contributed by atoms with Gasteiger partial charge in [0.25, 0.3) is 0 Å². The van der Waals surface area contributed by atoms with Gasteiger partial charge in [-0.25, -0.2) is 4.39 Å². The van der Waals surface area contributed by atoms with Gasteiger partial charge >= 0.3 is 0 Å². The lowest BCUT2D eigenvalue weighted by Gasteiger charge is -2.36. The highest BCUT2D eigenvalue weighted by atomic mass is 32.1. The van der Waals surface area contributed by atoms with E-state index in [1.165, 1.54) is 13.2 Å². The van der Waals surface area contributed by atoms with E-state index in [1.807, 2.05) is 25.1 Å². The standard InChI is InChI=1S/C19H21FN2O2S/c1-12(24-16-8-15(9-16)22-11-25)18-5-3-14(10-21-18)13-4-6-19(23-2)17(20)7-13/h3-7,10-12,15-16H,8-9H2,1-2H3,(H,22,25). The van der Waals surface area contributed by atoms with Crippen molar-refractivity contribution in [2.45, 2.75) is 38.0 Å². The van der Waals surface area contributed by atoms with E-state index in [0.717, 1.165) is 29.7 Å². The molecule has 0 amide bonds. The van der Waals surface area contributed by atoms with Gasteiger partial charge in [-0.3, -0.25) is 4.98 Å². The highest BCUT2D eigenvalue weighted by Crippen LogP contribution is 2.30. The molecule has 1 fully saturated rings. The van der Waals surface area contributed by atoms with E-state index in [0.29, 0.717) is 6.04 Å². The van der Waals surface area contributed by atoms with Crippen molar-refractivity contribution >= 4 is 17.7 Å². The number of hydrogen-bond acceptors (Lipinski definition) is 4. The lowest BCUT2D eigenvalue weighted by molar-refractivity contribution is -0.0571. The Balaban J connectivity index is 1.62. The molecule has 1 aliphatic rings. The van der Waals surface area contributed by atoms with Crippen LogP contribution in [0, 0.1) is 5.82 Å². The van der Waals surface area contributed by atoms with Crippen LogP contribution in [0.4, 0.5) is 4.39 Å². The Hall–Kier alpha value is -2.05. The molecule has 25 heavy (non-hydrogen) atoms. The molecule has 2 aromatic rings. The van der Waals surface area contributed by atoms with Gasteiger partial charge in [-0.15, -0.1) is 0 Å². The van der Waals surface area contributed by atoms with Crippen molar-refractivity contribution in [3.05, 3.63) is 48.0 Å². The SMILES string of the molecule is COc1ccc(-c2ccc(C(C)OC3CC(NC=S)C3)nc2)cc1F. The van der Waals surface area contributed by atoms with Crippen LogP contribution in [0.3, 0.4) is 0 Å². The van der Waals surface area contributed by atoms with Crippen LogP contribution in [0.25, 0.3) is 11.1 Å². The molecule has 1 aromatic carbocycles. The normalized spacial score (nSPS) is 20.4. The average molecular weight is 360 g/mol. The number of pyridine rings is 1. The number of thiocarbonyl (C=S) groups is 1. The Morgan fingerprint density at radius 2 is 2.04 bits per heavy atom. The number of hydrogen-bond donors (Lipinski definition) is 1. The van der Waals surface area contributed by atoms with Gasteiger partial charge in [-0.05, 0) is 43.5 Å². The zero-order chi connectivity index (χ0) is 17.8. The van der Waals surface area contributed by atoms with Gasteiger partial charge in [0, 0.05) is 17.8 Å². The minimum atomic E-state index is -0.384. The van der Waals surface area contributed by atoms with Crippen LogP contribution in [0.1, 0.15) is 31.6 Å². The summed E-state index contributed by atoms with van der Waals surface area (Å²) in [6, 6.07) is 9.17. The molecule has 3 rings (SSSR count). The quantitative estimate of drug-likeness (QED) is 0.755. The van der Waals surface area contributed by atoms with Crippen molar-refractivity contribution in [3.63, 3.8) is 0 Å². The van der Waals surface area contributed by atoms with Gasteiger partial charge < -0.3 is 14.8 Å². The maximum atomic E-state index is 13.8. The van der Waals surface area contributed by atoms with E-state index in [9.17, 15) is 4.39 Å². The molecular formula is C19H21FN2O2S. The predicted octanol–water partition coefficient (Wildman–Crippen LogP) is 4.05. The summed E-state index contributed by atoms with van der Waals surface area (Å²) in [7, 11) is 1.45. The van der Waals surface area contributed by atoms with Crippen LogP contribution < -0.4 is 10.1 Å². The maximum absolute atomic E-state index is 13.8. The molecule has 0 radical (unpaired) electrons. The Labute approximate surface area is 152 Å². The molecule has 1 saturated carbocycles. The van der Waals surface area contributed by atoms with Gasteiger partial charge in [-0.2, -0.15) is 0 Å². The fourth-order valence-electron chi connectivity index (χ4n) is 2.93. The summed E-state index contributed by atoms with van der Waals surface area (Å²) in [5.74, 6) is -0.150. The number of nitrogens with one attached hydrogen (secondary N) is 1. The number of aromatic nitrogens is 1. The first-order valence-electron chi connectivity index (χ1n) is 8.25. The molecular weight excluding hydrogens is 339 g/mol. The number of benzene rings is 1. The molecule has 1 heterocycles. The van der Waals surface area contributed by atoms with Crippen molar-refractivity contribution in [2.24, 2.45) is 0 Å². The zero-order valence-electron chi connectivity index (χ0n) is 14.2. The Bertz CT molecular complexity index is 733. The summed E-state index contributed by atoms with van der Waals surface area (Å²) >= 11 is 4.79. The third-order valence-corrected chi connectivity index (χ3v) is 4.62. The van der Waals surface area contributed by atoms with Crippen LogP contribution in [0.5, 0.6) is 5.75 Å². The van der Waals surface area contributed by atoms with E-state index in [2.05, 4.69) is 10.3 Å². The van der Waals surface area contributed by atoms with Crippen molar-refractivity contribution in [2.75, 3.05) is 7.11 Å². The number of nitrogens with zero attached hydrogens (tertiary/aromatic N) is 1. The predicted molar refractivity (Wildman–Crippen MR) is 99.3 cm³/mol. The van der Waals surface area contributed by atoms with E-state index >= 15 is 0 Å². The average Bonchev–Trinajstić information content (AvgIpc) is 2.60. The van der Waals surface area contributed by atoms with Crippen LogP contribution >= 0.6 is 12.2 Å². The van der Waals surface area contributed by atoms with Crippen LogP contribution in [-0.2, 0) is 4.74 Å². The van der Waals surface area contributed by atoms with Crippen LogP contribution in [0.2, 0.25) is 0 Å². The minimum absolute atomic E-state index is 0.0833. The smallest absolute Gasteiger partial charge is 0.165 e. The Morgan fingerprint density at radius 3 is 2.64 bits per heavy atom. The van der Waals surface area contributed by atoms with Gasteiger partial charge in [0.15, 0.2) is 11.6 Å². The van der Waals surface area contributed by atoms with Crippen molar-refractivity contribution in [1.82, 2.24) is 10.3 Å². The third kappa shape index (κ3) is 4.14. The van der Waals surface area contributed by atoms with Crippen molar-refractivity contribution in [3.8, 4) is 16.9 Å². The molecule has 0 spiro atoms. The second kappa shape index (κ2) is 7.89. The maximum Gasteiger partial charge on any atom is 0.165 e. The van der Waals surface area contributed by atoms with E-state index < -0.39 is 0 Å². The monoisotopic (exact) mass is 360 g/mol. The molecule has 0 aliphatic heterocycles. The largest absolute Gasteiger partial charge is 0.494 e. The minimum Gasteiger partial charge on any atom is -0.494 e. The summed E-state index contributed by atoms with van der Waals surface area (Å²) < 4.78 is 24.8. The second-order valence-electron chi connectivity index (χ2n) is 6.17. The van der Waals surface area contributed by atoms with Gasteiger partial charge in [0.2, 0.25) is 0 Å². The highest BCUT2D eigenvalue weighted by Gasteiger charge is 2.30. The molecule has 1 aliphatic carbocycles. The van der Waals surface area contributed by atoms with E-state index in [-0.39, 0.29) is 23.8 Å². The summed E-state index contributed by atoms with van der Waals surface area (Å²) in [5, 5.41) is 3.12. The van der Waals surface area contributed by atoms with Crippen LogP contribution in [0.15, 0.2) is 36.5 Å².